The molecule has 0 fully saturated rings. The van der Waals surface area contributed by atoms with E-state index in [1.165, 1.54) is 30.4 Å². The maximum Gasteiger partial charge on any atom is 0.122 e. The van der Waals surface area contributed by atoms with Crippen LogP contribution in [0.4, 0.5) is 5.69 Å². The molecular weight excluding hydrogens is 274 g/mol. The van der Waals surface area contributed by atoms with E-state index in [0.29, 0.717) is 13.2 Å². The van der Waals surface area contributed by atoms with E-state index in [2.05, 4.69) is 18.2 Å². The highest BCUT2D eigenvalue weighted by Gasteiger charge is 2.13. The van der Waals surface area contributed by atoms with Gasteiger partial charge in [-0.1, -0.05) is 18.2 Å². The predicted octanol–water partition coefficient (Wildman–Crippen LogP) is 3.91. The highest BCUT2D eigenvalue weighted by molar-refractivity contribution is 5.50. The van der Waals surface area contributed by atoms with Gasteiger partial charge in [0.2, 0.25) is 0 Å². The molecule has 0 unspecified atom stereocenters. The molecule has 1 aliphatic carbocycles. The summed E-state index contributed by atoms with van der Waals surface area (Å²) in [5, 5.41) is 0. The SMILES string of the molecule is Cc1ccc(OCCOc2cccc3c2CCCC3)cc1N. The molecule has 0 radical (unpaired) electrons. The van der Waals surface area contributed by atoms with Gasteiger partial charge >= 0.3 is 0 Å². The van der Waals surface area contributed by atoms with Gasteiger partial charge in [-0.25, -0.2) is 0 Å². The van der Waals surface area contributed by atoms with Crippen LogP contribution in [0.3, 0.4) is 0 Å². The monoisotopic (exact) mass is 297 g/mol. The third-order valence-corrected chi connectivity index (χ3v) is 4.21. The van der Waals surface area contributed by atoms with Crippen LogP contribution in [-0.4, -0.2) is 13.2 Å². The van der Waals surface area contributed by atoms with E-state index in [4.69, 9.17) is 15.2 Å². The number of hydrogen-bond donors (Lipinski definition) is 1. The number of anilines is 1. The summed E-state index contributed by atoms with van der Waals surface area (Å²) in [6, 6.07) is 12.1. The molecule has 2 N–H and O–H groups in total. The quantitative estimate of drug-likeness (QED) is 0.672. The van der Waals surface area contributed by atoms with Crippen molar-refractivity contribution in [3.8, 4) is 11.5 Å². The minimum Gasteiger partial charge on any atom is -0.490 e. The molecule has 0 aromatic heterocycles. The molecule has 116 valence electrons. The van der Waals surface area contributed by atoms with Crippen LogP contribution in [0.15, 0.2) is 36.4 Å². The third kappa shape index (κ3) is 3.35. The Morgan fingerprint density at radius 2 is 1.82 bits per heavy atom. The molecule has 0 heterocycles. The van der Waals surface area contributed by atoms with Crippen LogP contribution < -0.4 is 15.2 Å². The van der Waals surface area contributed by atoms with Crippen LogP contribution in [0.1, 0.15) is 29.5 Å². The number of nitrogen functional groups attached to an aromatic ring is 1. The summed E-state index contributed by atoms with van der Waals surface area (Å²) < 4.78 is 11.6. The normalized spacial score (nSPS) is 13.5. The van der Waals surface area contributed by atoms with Crippen LogP contribution >= 0.6 is 0 Å². The van der Waals surface area contributed by atoms with Gasteiger partial charge in [0, 0.05) is 11.8 Å². The second kappa shape index (κ2) is 6.73. The molecule has 0 bridgehead atoms. The van der Waals surface area contributed by atoms with Gasteiger partial charge in [-0.05, 0) is 61.4 Å². The summed E-state index contributed by atoms with van der Waals surface area (Å²) in [6.45, 7) is 3.05. The summed E-state index contributed by atoms with van der Waals surface area (Å²) in [5.74, 6) is 1.81. The fourth-order valence-corrected chi connectivity index (χ4v) is 2.90. The lowest BCUT2D eigenvalue weighted by molar-refractivity contribution is 0.215. The van der Waals surface area contributed by atoms with Crippen molar-refractivity contribution in [2.45, 2.75) is 32.6 Å². The Kier molecular flexibility index (Phi) is 4.52. The Hall–Kier alpha value is -2.16. The molecule has 0 spiro atoms. The number of ether oxygens (including phenoxy) is 2. The van der Waals surface area contributed by atoms with Crippen molar-refractivity contribution in [1.82, 2.24) is 0 Å². The first-order chi connectivity index (χ1) is 10.7. The summed E-state index contributed by atoms with van der Waals surface area (Å²) >= 11 is 0. The Balaban J connectivity index is 1.54. The molecule has 3 rings (SSSR count). The first kappa shape index (κ1) is 14.8. The molecule has 2 aromatic carbocycles. The zero-order chi connectivity index (χ0) is 15.4. The molecule has 2 aromatic rings. The second-order valence-corrected chi connectivity index (χ2v) is 5.82. The molecule has 0 atom stereocenters. The van der Waals surface area contributed by atoms with Crippen LogP contribution in [0.2, 0.25) is 0 Å². The predicted molar refractivity (Wildman–Crippen MR) is 89.7 cm³/mol. The molecule has 22 heavy (non-hydrogen) atoms. The fraction of sp³-hybridized carbons (Fsp3) is 0.368. The number of benzene rings is 2. The Labute approximate surface area is 132 Å². The summed E-state index contributed by atoms with van der Waals surface area (Å²) in [4.78, 5) is 0. The number of aryl methyl sites for hydroxylation is 2. The van der Waals surface area contributed by atoms with Crippen molar-refractivity contribution >= 4 is 5.69 Å². The molecule has 0 saturated carbocycles. The van der Waals surface area contributed by atoms with Crippen molar-refractivity contribution in [2.75, 3.05) is 18.9 Å². The molecule has 3 heteroatoms. The molecule has 0 saturated heterocycles. The maximum absolute atomic E-state index is 5.92. The van der Waals surface area contributed by atoms with Gasteiger partial charge in [-0.15, -0.1) is 0 Å². The smallest absolute Gasteiger partial charge is 0.122 e. The number of rotatable bonds is 5. The number of nitrogens with two attached hydrogens (primary N) is 1. The summed E-state index contributed by atoms with van der Waals surface area (Å²) in [5.41, 5.74) is 10.5. The lowest BCUT2D eigenvalue weighted by Gasteiger charge is -2.19. The first-order valence-electron chi connectivity index (χ1n) is 7.96. The van der Waals surface area contributed by atoms with Gasteiger partial charge in [0.25, 0.3) is 0 Å². The van der Waals surface area contributed by atoms with Crippen LogP contribution in [-0.2, 0) is 12.8 Å². The van der Waals surface area contributed by atoms with E-state index in [1.54, 1.807) is 0 Å². The molecule has 3 nitrogen and oxygen atoms in total. The van der Waals surface area contributed by atoms with Crippen LogP contribution in [0, 0.1) is 6.92 Å². The third-order valence-electron chi connectivity index (χ3n) is 4.21. The lowest BCUT2D eigenvalue weighted by atomic mass is 9.91. The minimum absolute atomic E-state index is 0.520. The van der Waals surface area contributed by atoms with E-state index in [-0.39, 0.29) is 0 Å². The van der Waals surface area contributed by atoms with Crippen LogP contribution in [0.25, 0.3) is 0 Å². The van der Waals surface area contributed by atoms with Gasteiger partial charge in [0.15, 0.2) is 0 Å². The van der Waals surface area contributed by atoms with E-state index >= 15 is 0 Å². The Morgan fingerprint density at radius 1 is 1.00 bits per heavy atom. The van der Waals surface area contributed by atoms with Crippen molar-refractivity contribution < 1.29 is 9.47 Å². The van der Waals surface area contributed by atoms with Gasteiger partial charge < -0.3 is 15.2 Å². The highest BCUT2D eigenvalue weighted by Crippen LogP contribution is 2.29. The maximum atomic E-state index is 5.92. The van der Waals surface area contributed by atoms with E-state index in [1.807, 2.05) is 25.1 Å². The zero-order valence-corrected chi connectivity index (χ0v) is 13.1. The van der Waals surface area contributed by atoms with Crippen molar-refractivity contribution in [3.05, 3.63) is 53.1 Å². The van der Waals surface area contributed by atoms with Gasteiger partial charge in [0.1, 0.15) is 24.7 Å². The molecule has 0 aliphatic heterocycles. The van der Waals surface area contributed by atoms with Crippen molar-refractivity contribution in [2.24, 2.45) is 0 Å². The van der Waals surface area contributed by atoms with E-state index < -0.39 is 0 Å². The first-order valence-corrected chi connectivity index (χ1v) is 7.96. The summed E-state index contributed by atoms with van der Waals surface area (Å²) in [6.07, 6.45) is 4.84. The Bertz CT molecular complexity index is 652. The molecular formula is C19H23NO2. The second-order valence-electron chi connectivity index (χ2n) is 5.82. The number of hydrogen-bond acceptors (Lipinski definition) is 3. The summed E-state index contributed by atoms with van der Waals surface area (Å²) in [7, 11) is 0. The standard InChI is InChI=1S/C19H23NO2/c1-14-9-10-16(13-18(14)20)21-11-12-22-19-8-4-6-15-5-2-3-7-17(15)19/h4,6,8-10,13H,2-3,5,7,11-12,20H2,1H3. The highest BCUT2D eigenvalue weighted by atomic mass is 16.5. The average molecular weight is 297 g/mol. The van der Waals surface area contributed by atoms with Gasteiger partial charge in [0.05, 0.1) is 0 Å². The fourth-order valence-electron chi connectivity index (χ4n) is 2.90. The van der Waals surface area contributed by atoms with Crippen LogP contribution in [0.5, 0.6) is 11.5 Å². The lowest BCUT2D eigenvalue weighted by Crippen LogP contribution is -2.12. The van der Waals surface area contributed by atoms with E-state index in [9.17, 15) is 0 Å². The van der Waals surface area contributed by atoms with Gasteiger partial charge in [-0.3, -0.25) is 0 Å². The topological polar surface area (TPSA) is 44.5 Å². The molecule has 1 aliphatic rings. The van der Waals surface area contributed by atoms with Gasteiger partial charge in [-0.2, -0.15) is 0 Å². The largest absolute Gasteiger partial charge is 0.490 e. The Morgan fingerprint density at radius 3 is 2.68 bits per heavy atom. The average Bonchev–Trinajstić information content (AvgIpc) is 2.55. The van der Waals surface area contributed by atoms with E-state index in [0.717, 1.165) is 29.2 Å². The molecule has 0 amide bonds. The zero-order valence-electron chi connectivity index (χ0n) is 13.1. The van der Waals surface area contributed by atoms with Crippen molar-refractivity contribution in [3.63, 3.8) is 0 Å². The van der Waals surface area contributed by atoms with Crippen molar-refractivity contribution in [1.29, 1.82) is 0 Å². The number of fused-ring (bicyclic) bond motifs is 1. The minimum atomic E-state index is 0.520.